The highest BCUT2D eigenvalue weighted by Gasteiger charge is 2.30. The molecular weight excluding hydrogens is 515 g/mol. The summed E-state index contributed by atoms with van der Waals surface area (Å²) in [5.41, 5.74) is 3.64. The third-order valence-electron chi connectivity index (χ3n) is 6.09. The van der Waals surface area contributed by atoms with Crippen LogP contribution in [-0.2, 0) is 29.2 Å². The second-order valence-electron chi connectivity index (χ2n) is 8.23. The van der Waals surface area contributed by atoms with Gasteiger partial charge in [0.05, 0.1) is 26.4 Å². The smallest absolute Gasteiger partial charge is 0.193 e. The Kier molecular flexibility index (Phi) is 10.2. The minimum atomic E-state index is 0. The van der Waals surface area contributed by atoms with Crippen molar-refractivity contribution in [2.75, 3.05) is 46.4 Å². The number of aliphatic imine (C=N–C) groups is 1. The Hall–Kier alpha value is -1.68. The molecule has 4 rings (SSSR count). The molecular formula is C25H35IN4O2. The summed E-state index contributed by atoms with van der Waals surface area (Å²) in [6, 6.07) is 19.5. The van der Waals surface area contributed by atoms with Crippen molar-refractivity contribution in [1.82, 2.24) is 15.1 Å². The Labute approximate surface area is 209 Å². The van der Waals surface area contributed by atoms with Gasteiger partial charge in [-0.15, -0.1) is 24.0 Å². The van der Waals surface area contributed by atoms with Gasteiger partial charge in [0.25, 0.3) is 0 Å². The zero-order chi connectivity index (χ0) is 21.3. The molecule has 7 heteroatoms. The van der Waals surface area contributed by atoms with Crippen molar-refractivity contribution in [1.29, 1.82) is 0 Å². The van der Waals surface area contributed by atoms with E-state index in [9.17, 15) is 0 Å². The van der Waals surface area contributed by atoms with Gasteiger partial charge in [0.15, 0.2) is 5.96 Å². The van der Waals surface area contributed by atoms with Crippen molar-refractivity contribution in [3.8, 4) is 0 Å². The van der Waals surface area contributed by atoms with Gasteiger partial charge in [0.1, 0.15) is 0 Å². The zero-order valence-electron chi connectivity index (χ0n) is 18.9. The highest BCUT2D eigenvalue weighted by Crippen LogP contribution is 2.17. The van der Waals surface area contributed by atoms with Crippen LogP contribution in [0.4, 0.5) is 0 Å². The minimum Gasteiger partial charge on any atom is -0.379 e. The molecule has 2 aromatic rings. The van der Waals surface area contributed by atoms with Gasteiger partial charge < -0.3 is 19.7 Å². The summed E-state index contributed by atoms with van der Waals surface area (Å²) in [6.07, 6.45) is 1.19. The normalized spacial score (nSPS) is 19.6. The lowest BCUT2D eigenvalue weighted by Gasteiger charge is -2.32. The molecule has 32 heavy (non-hydrogen) atoms. The van der Waals surface area contributed by atoms with Crippen molar-refractivity contribution >= 4 is 29.9 Å². The second kappa shape index (κ2) is 13.1. The maximum atomic E-state index is 5.84. The number of morpholine rings is 1. The van der Waals surface area contributed by atoms with E-state index in [2.05, 4.69) is 56.5 Å². The summed E-state index contributed by atoms with van der Waals surface area (Å²) >= 11 is 0. The zero-order valence-corrected chi connectivity index (χ0v) is 21.2. The van der Waals surface area contributed by atoms with Gasteiger partial charge in [0.2, 0.25) is 0 Å². The van der Waals surface area contributed by atoms with Gasteiger partial charge in [-0.3, -0.25) is 9.89 Å². The van der Waals surface area contributed by atoms with E-state index in [0.29, 0.717) is 19.3 Å². The van der Waals surface area contributed by atoms with Crippen LogP contribution in [0, 0.1) is 0 Å². The fourth-order valence-corrected chi connectivity index (χ4v) is 4.30. The molecule has 1 atom stereocenters. The molecule has 2 heterocycles. The van der Waals surface area contributed by atoms with E-state index in [1.807, 2.05) is 25.2 Å². The van der Waals surface area contributed by atoms with Crippen LogP contribution in [0.25, 0.3) is 0 Å². The SMILES string of the molecule is CN=C(NCc1ccc(COCc2ccccc2)cc1)N1CCC(N2CCOCC2)C1.I. The van der Waals surface area contributed by atoms with Gasteiger partial charge in [-0.05, 0) is 23.1 Å². The number of guanidine groups is 1. The predicted molar refractivity (Wildman–Crippen MR) is 139 cm³/mol. The molecule has 0 amide bonds. The first-order valence-corrected chi connectivity index (χ1v) is 11.3. The monoisotopic (exact) mass is 550 g/mol. The van der Waals surface area contributed by atoms with Crippen LogP contribution >= 0.6 is 24.0 Å². The molecule has 0 bridgehead atoms. The van der Waals surface area contributed by atoms with Crippen molar-refractivity contribution in [3.05, 3.63) is 71.3 Å². The number of ether oxygens (including phenoxy) is 2. The summed E-state index contributed by atoms with van der Waals surface area (Å²) in [5, 5.41) is 3.54. The maximum Gasteiger partial charge on any atom is 0.193 e. The number of nitrogens with one attached hydrogen (secondary N) is 1. The van der Waals surface area contributed by atoms with Crippen LogP contribution in [0.1, 0.15) is 23.1 Å². The molecule has 6 nitrogen and oxygen atoms in total. The summed E-state index contributed by atoms with van der Waals surface area (Å²) in [6.45, 7) is 7.95. The first-order valence-electron chi connectivity index (χ1n) is 11.3. The third kappa shape index (κ3) is 7.16. The fraction of sp³-hybridized carbons (Fsp3) is 0.480. The highest BCUT2D eigenvalue weighted by atomic mass is 127. The quantitative estimate of drug-likeness (QED) is 0.325. The van der Waals surface area contributed by atoms with Crippen molar-refractivity contribution < 1.29 is 9.47 Å². The third-order valence-corrected chi connectivity index (χ3v) is 6.09. The molecule has 0 aromatic heterocycles. The minimum absolute atomic E-state index is 0. The first kappa shape index (κ1) is 25.0. The molecule has 2 saturated heterocycles. The van der Waals surface area contributed by atoms with Crippen molar-refractivity contribution in [3.63, 3.8) is 0 Å². The van der Waals surface area contributed by atoms with Crippen LogP contribution in [0.2, 0.25) is 0 Å². The molecule has 2 aromatic carbocycles. The van der Waals surface area contributed by atoms with Crippen LogP contribution < -0.4 is 5.32 Å². The Morgan fingerprint density at radius 2 is 1.62 bits per heavy atom. The average Bonchev–Trinajstić information content (AvgIpc) is 3.32. The van der Waals surface area contributed by atoms with Crippen molar-refractivity contribution in [2.45, 2.75) is 32.2 Å². The lowest BCUT2D eigenvalue weighted by Crippen LogP contribution is -2.46. The highest BCUT2D eigenvalue weighted by molar-refractivity contribution is 14.0. The standard InChI is InChI=1S/C25H34N4O2.HI/c1-26-25(29-12-11-24(18-29)28-13-15-30-16-14-28)27-17-21-7-9-23(10-8-21)20-31-19-22-5-3-2-4-6-22;/h2-10,24H,11-20H2,1H3,(H,26,27);1H. The molecule has 2 aliphatic heterocycles. The van der Waals surface area contributed by atoms with Gasteiger partial charge >= 0.3 is 0 Å². The lowest BCUT2D eigenvalue weighted by atomic mass is 10.1. The van der Waals surface area contributed by atoms with Gasteiger partial charge in [0, 0.05) is 45.8 Å². The second-order valence-corrected chi connectivity index (χ2v) is 8.23. The van der Waals surface area contributed by atoms with Crippen LogP contribution in [0.3, 0.4) is 0 Å². The van der Waals surface area contributed by atoms with Crippen LogP contribution in [0.15, 0.2) is 59.6 Å². The fourth-order valence-electron chi connectivity index (χ4n) is 4.30. The lowest BCUT2D eigenvalue weighted by molar-refractivity contribution is 0.0195. The van der Waals surface area contributed by atoms with Gasteiger partial charge in [-0.1, -0.05) is 54.6 Å². The summed E-state index contributed by atoms with van der Waals surface area (Å²) < 4.78 is 11.3. The Bertz CT molecular complexity index is 826. The van der Waals surface area contributed by atoms with Crippen LogP contribution in [0.5, 0.6) is 0 Å². The Morgan fingerprint density at radius 3 is 2.31 bits per heavy atom. The van der Waals surface area contributed by atoms with Gasteiger partial charge in [-0.25, -0.2) is 0 Å². The largest absolute Gasteiger partial charge is 0.379 e. The molecule has 0 aliphatic carbocycles. The maximum absolute atomic E-state index is 5.84. The molecule has 0 saturated carbocycles. The van der Waals surface area contributed by atoms with E-state index in [0.717, 1.165) is 51.9 Å². The van der Waals surface area contributed by atoms with E-state index in [4.69, 9.17) is 9.47 Å². The van der Waals surface area contributed by atoms with Gasteiger partial charge in [-0.2, -0.15) is 0 Å². The molecule has 174 valence electrons. The number of benzene rings is 2. The first-order chi connectivity index (χ1) is 15.3. The molecule has 2 fully saturated rings. The number of hydrogen-bond donors (Lipinski definition) is 1. The number of halogens is 1. The Morgan fingerprint density at radius 1 is 0.969 bits per heavy atom. The van der Waals surface area contributed by atoms with Crippen molar-refractivity contribution in [2.24, 2.45) is 4.99 Å². The van der Waals surface area contributed by atoms with E-state index in [-0.39, 0.29) is 24.0 Å². The molecule has 1 unspecified atom stereocenters. The molecule has 2 aliphatic rings. The Balaban J connectivity index is 0.00000289. The topological polar surface area (TPSA) is 49.3 Å². The van der Waals surface area contributed by atoms with E-state index < -0.39 is 0 Å². The number of hydrogen-bond acceptors (Lipinski definition) is 4. The summed E-state index contributed by atoms with van der Waals surface area (Å²) in [4.78, 5) is 9.47. The predicted octanol–water partition coefficient (Wildman–Crippen LogP) is 3.50. The van der Waals surface area contributed by atoms with E-state index >= 15 is 0 Å². The van der Waals surface area contributed by atoms with E-state index in [1.165, 1.54) is 23.1 Å². The van der Waals surface area contributed by atoms with Crippen LogP contribution in [-0.4, -0.2) is 68.2 Å². The average molecular weight is 550 g/mol. The number of likely N-dealkylation sites (tertiary alicyclic amines) is 1. The van der Waals surface area contributed by atoms with E-state index in [1.54, 1.807) is 0 Å². The molecule has 0 radical (unpaired) electrons. The molecule has 1 N–H and O–H groups in total. The summed E-state index contributed by atoms with van der Waals surface area (Å²) in [7, 11) is 1.87. The summed E-state index contributed by atoms with van der Waals surface area (Å²) in [5.74, 6) is 0.992. The number of rotatable bonds is 7. The number of nitrogens with zero attached hydrogens (tertiary/aromatic N) is 3. The molecule has 0 spiro atoms.